The zero-order valence-electron chi connectivity index (χ0n) is 16.7. The number of amides is 2. The summed E-state index contributed by atoms with van der Waals surface area (Å²) < 4.78 is 29.5. The molecule has 162 valence electrons. The van der Waals surface area contributed by atoms with Gasteiger partial charge in [0.25, 0.3) is 5.91 Å². The highest BCUT2D eigenvalue weighted by atomic mass is 127. The molecule has 0 aliphatic carbocycles. The van der Waals surface area contributed by atoms with Crippen LogP contribution in [0, 0.1) is 6.92 Å². The number of hydrogen-bond donors (Lipinski definition) is 2. The maximum absolute atomic E-state index is 13.4. The molecule has 10 heteroatoms. The van der Waals surface area contributed by atoms with Gasteiger partial charge in [-0.3, -0.25) is 9.59 Å². The number of halogens is 3. The number of ether oxygens (including phenoxy) is 1. The molecule has 2 heterocycles. The summed E-state index contributed by atoms with van der Waals surface area (Å²) in [6.45, 7) is 3.46. The number of rotatable bonds is 7. The standard InChI is InChI=1S/C21H19F2IN4O3/c1-12-9-15(11-18(26-12)27-13(2)29)20(30)25-7-8-31-19-6-3-14-10-16(21(22,23)24)4-5-17(14)28-19/h3-6,9-11H,7-8H2,1-2H3,(H,25,30)(H,26,27,29). The molecule has 0 unspecified atom stereocenters. The van der Waals surface area contributed by atoms with Gasteiger partial charge in [0.1, 0.15) is 12.4 Å². The summed E-state index contributed by atoms with van der Waals surface area (Å²) in [4.78, 5) is 32.0. The number of nitrogens with one attached hydrogen (secondary N) is 2. The Kier molecular flexibility index (Phi) is 6.98. The second-order valence-electron chi connectivity index (χ2n) is 6.72. The highest BCUT2D eigenvalue weighted by Gasteiger charge is 2.26. The van der Waals surface area contributed by atoms with E-state index in [1.54, 1.807) is 25.1 Å². The molecule has 0 fully saturated rings. The molecule has 2 aromatic heterocycles. The highest BCUT2D eigenvalue weighted by molar-refractivity contribution is 14.1. The Morgan fingerprint density at radius 3 is 2.61 bits per heavy atom. The van der Waals surface area contributed by atoms with Crippen LogP contribution in [0.2, 0.25) is 0 Å². The maximum Gasteiger partial charge on any atom is 0.321 e. The van der Waals surface area contributed by atoms with Gasteiger partial charge in [-0.1, -0.05) is 6.07 Å². The molecule has 0 aliphatic rings. The molecule has 0 bridgehead atoms. The van der Waals surface area contributed by atoms with Crippen LogP contribution in [0.3, 0.4) is 0 Å². The van der Waals surface area contributed by atoms with Crippen molar-refractivity contribution in [3.63, 3.8) is 0 Å². The number of benzene rings is 1. The number of aryl methyl sites for hydroxylation is 1. The first-order valence-corrected chi connectivity index (χ1v) is 10.3. The zero-order valence-corrected chi connectivity index (χ0v) is 18.9. The maximum atomic E-state index is 13.4. The van der Waals surface area contributed by atoms with Gasteiger partial charge in [0.15, 0.2) is 0 Å². The van der Waals surface area contributed by atoms with Crippen LogP contribution in [0.25, 0.3) is 10.9 Å². The van der Waals surface area contributed by atoms with Gasteiger partial charge in [-0.05, 0) is 37.3 Å². The third-order valence-electron chi connectivity index (χ3n) is 4.15. The average Bonchev–Trinajstić information content (AvgIpc) is 2.69. The predicted octanol–water partition coefficient (Wildman–Crippen LogP) is 4.19. The van der Waals surface area contributed by atoms with Crippen molar-refractivity contribution in [1.29, 1.82) is 0 Å². The smallest absolute Gasteiger partial charge is 0.321 e. The molecule has 31 heavy (non-hydrogen) atoms. The second kappa shape index (κ2) is 9.50. The fraction of sp³-hybridized carbons (Fsp3) is 0.238. The number of carbonyl (C=O) groups excluding carboxylic acids is 2. The van der Waals surface area contributed by atoms with E-state index < -0.39 is 3.93 Å². The average molecular weight is 540 g/mol. The van der Waals surface area contributed by atoms with Gasteiger partial charge in [-0.25, -0.2) is 9.97 Å². The summed E-state index contributed by atoms with van der Waals surface area (Å²) in [5.74, 6) is 0.0144. The monoisotopic (exact) mass is 540 g/mol. The molecule has 1 aromatic carbocycles. The summed E-state index contributed by atoms with van der Waals surface area (Å²) in [7, 11) is 0. The zero-order chi connectivity index (χ0) is 22.6. The number of alkyl halides is 3. The van der Waals surface area contributed by atoms with Gasteiger partial charge in [-0.2, -0.15) is 8.78 Å². The number of pyridine rings is 2. The quantitative estimate of drug-likeness (QED) is 0.267. The Hall–Kier alpha value is -2.89. The minimum absolute atomic E-state index is 0.0909. The molecule has 3 aromatic rings. The van der Waals surface area contributed by atoms with E-state index in [0.29, 0.717) is 33.9 Å². The molecule has 0 aliphatic heterocycles. The molecule has 3 rings (SSSR count). The number of fused-ring (bicyclic) bond motifs is 1. The van der Waals surface area contributed by atoms with Crippen LogP contribution in [-0.2, 0) is 8.72 Å². The highest BCUT2D eigenvalue weighted by Crippen LogP contribution is 2.36. The topological polar surface area (TPSA) is 93.2 Å². The Balaban J connectivity index is 1.57. The predicted molar refractivity (Wildman–Crippen MR) is 121 cm³/mol. The van der Waals surface area contributed by atoms with Crippen LogP contribution < -0.4 is 15.4 Å². The van der Waals surface area contributed by atoms with Gasteiger partial charge in [-0.15, -0.1) is 0 Å². The number of carbonyl (C=O) groups is 2. The van der Waals surface area contributed by atoms with Crippen molar-refractivity contribution in [2.45, 2.75) is 17.8 Å². The molecule has 2 amide bonds. The Labute approximate surface area is 190 Å². The third kappa shape index (κ3) is 6.29. The van der Waals surface area contributed by atoms with E-state index in [0.717, 1.165) is 22.6 Å². The normalized spacial score (nSPS) is 11.3. The van der Waals surface area contributed by atoms with Crippen molar-refractivity contribution in [2.75, 3.05) is 18.5 Å². The van der Waals surface area contributed by atoms with Gasteiger partial charge in [0.2, 0.25) is 11.8 Å². The van der Waals surface area contributed by atoms with Gasteiger partial charge < -0.3 is 15.4 Å². The molecular weight excluding hydrogens is 521 g/mol. The van der Waals surface area contributed by atoms with Gasteiger partial charge in [0, 0.05) is 57.8 Å². The molecule has 0 saturated carbocycles. The summed E-state index contributed by atoms with van der Waals surface area (Å²) in [5, 5.41) is 5.85. The van der Waals surface area contributed by atoms with Crippen LogP contribution in [0.15, 0.2) is 42.5 Å². The SMILES string of the molecule is CC(=O)Nc1cc(C(=O)NCCOc2ccc3cc(C(F)(F)I)ccc3n2)cc(C)n1. The lowest BCUT2D eigenvalue weighted by atomic mass is 10.1. The first-order chi connectivity index (χ1) is 14.6. The Morgan fingerprint density at radius 2 is 1.90 bits per heavy atom. The molecule has 0 spiro atoms. The van der Waals surface area contributed by atoms with E-state index in [9.17, 15) is 18.4 Å². The van der Waals surface area contributed by atoms with E-state index >= 15 is 0 Å². The van der Waals surface area contributed by atoms with Crippen molar-refractivity contribution in [2.24, 2.45) is 0 Å². The number of aromatic nitrogens is 2. The van der Waals surface area contributed by atoms with Crippen LogP contribution in [0.5, 0.6) is 5.88 Å². The first-order valence-electron chi connectivity index (χ1n) is 9.27. The third-order valence-corrected chi connectivity index (χ3v) is 4.77. The van der Waals surface area contributed by atoms with Crippen molar-refractivity contribution in [3.8, 4) is 5.88 Å². The van der Waals surface area contributed by atoms with Crippen LogP contribution in [-0.4, -0.2) is 34.9 Å². The summed E-state index contributed by atoms with van der Waals surface area (Å²) in [6.07, 6.45) is 0. The Morgan fingerprint density at radius 1 is 1.13 bits per heavy atom. The molecule has 0 radical (unpaired) electrons. The van der Waals surface area contributed by atoms with Crippen LogP contribution >= 0.6 is 22.6 Å². The molecule has 7 nitrogen and oxygen atoms in total. The van der Waals surface area contributed by atoms with Crippen molar-refractivity contribution in [3.05, 3.63) is 59.3 Å². The Bertz CT molecular complexity index is 1140. The summed E-state index contributed by atoms with van der Waals surface area (Å²) in [5.41, 5.74) is 1.40. The van der Waals surface area contributed by atoms with E-state index in [4.69, 9.17) is 4.74 Å². The van der Waals surface area contributed by atoms with E-state index in [-0.39, 0.29) is 30.5 Å². The largest absolute Gasteiger partial charge is 0.476 e. The number of nitrogens with zero attached hydrogens (tertiary/aromatic N) is 2. The second-order valence-corrected chi connectivity index (χ2v) is 8.08. The van der Waals surface area contributed by atoms with Gasteiger partial charge in [0.05, 0.1) is 12.1 Å². The molecular formula is C21H19F2IN4O3. The van der Waals surface area contributed by atoms with Crippen LogP contribution in [0.4, 0.5) is 14.6 Å². The fourth-order valence-electron chi connectivity index (χ4n) is 2.83. The van der Waals surface area contributed by atoms with Crippen molar-refractivity contribution >= 4 is 51.1 Å². The van der Waals surface area contributed by atoms with E-state index in [2.05, 4.69) is 20.6 Å². The van der Waals surface area contributed by atoms with E-state index in [1.165, 1.54) is 31.2 Å². The lowest BCUT2D eigenvalue weighted by Gasteiger charge is -2.11. The lowest BCUT2D eigenvalue weighted by molar-refractivity contribution is -0.114. The molecule has 0 saturated heterocycles. The minimum Gasteiger partial charge on any atom is -0.476 e. The van der Waals surface area contributed by atoms with Crippen molar-refractivity contribution in [1.82, 2.24) is 15.3 Å². The van der Waals surface area contributed by atoms with E-state index in [1.807, 2.05) is 0 Å². The summed E-state index contributed by atoms with van der Waals surface area (Å²) in [6, 6.07) is 10.6. The molecule has 2 N–H and O–H groups in total. The first kappa shape index (κ1) is 22.8. The van der Waals surface area contributed by atoms with Gasteiger partial charge >= 0.3 is 3.93 Å². The summed E-state index contributed by atoms with van der Waals surface area (Å²) >= 11 is 1.09. The molecule has 0 atom stereocenters. The fourth-order valence-corrected chi connectivity index (χ4v) is 3.17. The van der Waals surface area contributed by atoms with Crippen LogP contribution in [0.1, 0.15) is 28.5 Å². The van der Waals surface area contributed by atoms with Crippen molar-refractivity contribution < 1.29 is 23.1 Å². The lowest BCUT2D eigenvalue weighted by Crippen LogP contribution is -2.28. The minimum atomic E-state index is -2.95. The number of hydrogen-bond acceptors (Lipinski definition) is 5. The number of anilines is 1.